The van der Waals surface area contributed by atoms with Gasteiger partial charge in [-0.3, -0.25) is 9.79 Å². The van der Waals surface area contributed by atoms with Gasteiger partial charge in [0, 0.05) is 32.6 Å². The highest BCUT2D eigenvalue weighted by Gasteiger charge is 2.08. The fraction of sp³-hybridized carbons (Fsp3) is 0.391. The molecule has 0 spiro atoms. The van der Waals surface area contributed by atoms with Crippen LogP contribution in [0.5, 0.6) is 11.5 Å². The Morgan fingerprint density at radius 1 is 1.07 bits per heavy atom. The van der Waals surface area contributed by atoms with Crippen molar-refractivity contribution in [3.05, 3.63) is 53.1 Å². The lowest BCUT2D eigenvalue weighted by atomic mass is 10.1. The predicted octanol–water partition coefficient (Wildman–Crippen LogP) is 3.62. The summed E-state index contributed by atoms with van der Waals surface area (Å²) >= 11 is 0. The number of guanidine groups is 1. The van der Waals surface area contributed by atoms with Crippen LogP contribution in [0.3, 0.4) is 0 Å². The zero-order valence-corrected chi connectivity index (χ0v) is 18.5. The molecule has 0 radical (unpaired) electrons. The summed E-state index contributed by atoms with van der Waals surface area (Å²) in [5.74, 6) is 2.05. The lowest BCUT2D eigenvalue weighted by molar-refractivity contribution is -0.114. The Kier molecular flexibility index (Phi) is 9.00. The van der Waals surface area contributed by atoms with Gasteiger partial charge in [-0.25, -0.2) is 0 Å². The molecule has 0 unspecified atom stereocenters. The second-order valence-electron chi connectivity index (χ2n) is 6.95. The van der Waals surface area contributed by atoms with Crippen molar-refractivity contribution < 1.29 is 14.3 Å². The van der Waals surface area contributed by atoms with Crippen molar-refractivity contribution in [2.75, 3.05) is 26.1 Å². The highest BCUT2D eigenvalue weighted by molar-refractivity contribution is 5.90. The molecule has 0 aliphatic rings. The van der Waals surface area contributed by atoms with Crippen LogP contribution in [-0.4, -0.2) is 32.6 Å². The van der Waals surface area contributed by atoms with Crippen molar-refractivity contribution >= 4 is 17.6 Å². The minimum absolute atomic E-state index is 0.143. The van der Waals surface area contributed by atoms with Crippen LogP contribution in [0.1, 0.15) is 37.0 Å². The minimum atomic E-state index is -0.143. The standard InChI is InChI=1S/C23H32N4O3/c1-6-11-30-22-12-16(2)7-9-19(22)15-26-23(24-4)25-14-18-8-10-21(29-5)20(13-18)27-17(3)28/h7-10,12-13H,6,11,14-15H2,1-5H3,(H,27,28)(H2,24,25,26). The molecule has 1 amide bonds. The first-order valence-electron chi connectivity index (χ1n) is 10.1. The number of ether oxygens (including phenoxy) is 2. The largest absolute Gasteiger partial charge is 0.495 e. The number of amides is 1. The molecule has 0 bridgehead atoms. The lowest BCUT2D eigenvalue weighted by Gasteiger charge is -2.16. The first-order chi connectivity index (χ1) is 14.5. The summed E-state index contributed by atoms with van der Waals surface area (Å²) in [6.07, 6.45) is 0.965. The van der Waals surface area contributed by atoms with Crippen molar-refractivity contribution in [3.8, 4) is 11.5 Å². The number of nitrogens with zero attached hydrogens (tertiary/aromatic N) is 1. The highest BCUT2D eigenvalue weighted by atomic mass is 16.5. The number of carbonyl (C=O) groups is 1. The number of aliphatic imine (C=N–C) groups is 1. The van der Waals surface area contributed by atoms with E-state index in [1.54, 1.807) is 14.2 Å². The number of hydrogen-bond acceptors (Lipinski definition) is 4. The molecule has 2 aromatic rings. The van der Waals surface area contributed by atoms with E-state index in [0.29, 0.717) is 37.1 Å². The van der Waals surface area contributed by atoms with E-state index >= 15 is 0 Å². The highest BCUT2D eigenvalue weighted by Crippen LogP contribution is 2.25. The van der Waals surface area contributed by atoms with E-state index in [2.05, 4.69) is 53.0 Å². The molecule has 2 aromatic carbocycles. The third kappa shape index (κ3) is 6.99. The van der Waals surface area contributed by atoms with Crippen molar-refractivity contribution in [3.63, 3.8) is 0 Å². The molecule has 30 heavy (non-hydrogen) atoms. The number of nitrogens with one attached hydrogen (secondary N) is 3. The molecule has 7 heteroatoms. The van der Waals surface area contributed by atoms with Crippen molar-refractivity contribution in [2.24, 2.45) is 4.99 Å². The number of hydrogen-bond donors (Lipinski definition) is 3. The smallest absolute Gasteiger partial charge is 0.221 e. The SMILES string of the molecule is CCCOc1cc(C)ccc1CNC(=NC)NCc1ccc(OC)c(NC(C)=O)c1. The molecule has 0 aliphatic heterocycles. The zero-order valence-electron chi connectivity index (χ0n) is 18.5. The van der Waals surface area contributed by atoms with Gasteiger partial charge in [0.15, 0.2) is 5.96 Å². The molecule has 0 aromatic heterocycles. The van der Waals surface area contributed by atoms with Crippen LogP contribution in [-0.2, 0) is 17.9 Å². The molecule has 0 aliphatic carbocycles. The first kappa shape index (κ1) is 23.1. The van der Waals surface area contributed by atoms with E-state index in [4.69, 9.17) is 9.47 Å². The minimum Gasteiger partial charge on any atom is -0.495 e. The zero-order chi connectivity index (χ0) is 21.9. The Morgan fingerprint density at radius 2 is 1.83 bits per heavy atom. The Balaban J connectivity index is 2.00. The van der Waals surface area contributed by atoms with Gasteiger partial charge in [-0.15, -0.1) is 0 Å². The summed E-state index contributed by atoms with van der Waals surface area (Å²) < 4.78 is 11.2. The maximum atomic E-state index is 11.4. The number of anilines is 1. The van der Waals surface area contributed by atoms with Gasteiger partial charge in [-0.2, -0.15) is 0 Å². The Bertz CT molecular complexity index is 881. The van der Waals surface area contributed by atoms with Crippen molar-refractivity contribution in [1.29, 1.82) is 0 Å². The van der Waals surface area contributed by atoms with E-state index < -0.39 is 0 Å². The maximum Gasteiger partial charge on any atom is 0.221 e. The van der Waals surface area contributed by atoms with Crippen LogP contribution in [0, 0.1) is 6.92 Å². The van der Waals surface area contributed by atoms with Crippen LogP contribution in [0.25, 0.3) is 0 Å². The Morgan fingerprint density at radius 3 is 2.50 bits per heavy atom. The van der Waals surface area contributed by atoms with Gasteiger partial charge in [0.05, 0.1) is 19.4 Å². The summed E-state index contributed by atoms with van der Waals surface area (Å²) in [6, 6.07) is 11.9. The normalized spacial score (nSPS) is 11.0. The molecule has 0 atom stereocenters. The van der Waals surface area contributed by atoms with Crippen LogP contribution in [0.15, 0.2) is 41.4 Å². The van der Waals surface area contributed by atoms with Crippen molar-refractivity contribution in [2.45, 2.75) is 40.3 Å². The molecule has 0 fully saturated rings. The van der Waals surface area contributed by atoms with Gasteiger partial charge >= 0.3 is 0 Å². The van der Waals surface area contributed by atoms with Gasteiger partial charge in [0.1, 0.15) is 11.5 Å². The third-order valence-corrected chi connectivity index (χ3v) is 4.39. The molecule has 0 saturated carbocycles. The first-order valence-corrected chi connectivity index (χ1v) is 10.1. The quantitative estimate of drug-likeness (QED) is 0.433. The molecule has 2 rings (SSSR count). The fourth-order valence-corrected chi connectivity index (χ4v) is 2.89. The van der Waals surface area contributed by atoms with Gasteiger partial charge < -0.3 is 25.4 Å². The van der Waals surface area contributed by atoms with E-state index in [1.165, 1.54) is 12.5 Å². The molecule has 162 valence electrons. The molecular weight excluding hydrogens is 380 g/mol. The maximum absolute atomic E-state index is 11.4. The summed E-state index contributed by atoms with van der Waals surface area (Å²) in [4.78, 5) is 15.7. The lowest BCUT2D eigenvalue weighted by Crippen LogP contribution is -2.36. The molecule has 0 heterocycles. The monoisotopic (exact) mass is 412 g/mol. The molecule has 7 nitrogen and oxygen atoms in total. The van der Waals surface area contributed by atoms with E-state index in [-0.39, 0.29) is 5.91 Å². The van der Waals surface area contributed by atoms with Crippen LogP contribution in [0.2, 0.25) is 0 Å². The molecule has 3 N–H and O–H groups in total. The average Bonchev–Trinajstić information content (AvgIpc) is 2.73. The number of aryl methyl sites for hydroxylation is 1. The molecular formula is C23H32N4O3. The van der Waals surface area contributed by atoms with Crippen LogP contribution in [0.4, 0.5) is 5.69 Å². The number of benzene rings is 2. The number of methoxy groups -OCH3 is 1. The Hall–Kier alpha value is -3.22. The fourth-order valence-electron chi connectivity index (χ4n) is 2.89. The summed E-state index contributed by atoms with van der Waals surface area (Å²) in [5.41, 5.74) is 3.88. The summed E-state index contributed by atoms with van der Waals surface area (Å²) in [7, 11) is 3.31. The number of rotatable bonds is 9. The van der Waals surface area contributed by atoms with E-state index in [1.807, 2.05) is 18.2 Å². The second-order valence-corrected chi connectivity index (χ2v) is 6.95. The molecule has 0 saturated heterocycles. The van der Waals surface area contributed by atoms with Gasteiger partial charge in [0.25, 0.3) is 0 Å². The van der Waals surface area contributed by atoms with Gasteiger partial charge in [-0.1, -0.05) is 25.1 Å². The predicted molar refractivity (Wildman–Crippen MR) is 121 cm³/mol. The van der Waals surface area contributed by atoms with Crippen LogP contribution >= 0.6 is 0 Å². The van der Waals surface area contributed by atoms with Gasteiger partial charge in [-0.05, 0) is 42.7 Å². The van der Waals surface area contributed by atoms with E-state index in [0.717, 1.165) is 23.3 Å². The van der Waals surface area contributed by atoms with Gasteiger partial charge in [0.2, 0.25) is 5.91 Å². The third-order valence-electron chi connectivity index (χ3n) is 4.39. The van der Waals surface area contributed by atoms with E-state index in [9.17, 15) is 4.79 Å². The Labute approximate surface area is 178 Å². The summed E-state index contributed by atoms with van der Waals surface area (Å²) in [5, 5.41) is 9.41. The van der Waals surface area contributed by atoms with Crippen molar-refractivity contribution in [1.82, 2.24) is 10.6 Å². The summed E-state index contributed by atoms with van der Waals surface area (Å²) in [6.45, 7) is 7.45. The van der Waals surface area contributed by atoms with Crippen LogP contribution < -0.4 is 25.4 Å². The second kappa shape index (κ2) is 11.7. The number of carbonyl (C=O) groups excluding carboxylic acids is 1. The average molecular weight is 413 g/mol. The topological polar surface area (TPSA) is 84.0 Å².